The smallest absolute Gasteiger partial charge is 0.335 e. The molecular weight excluding hydrogens is 398 g/mol. The molecule has 7 nitrogen and oxygen atoms in total. The van der Waals surface area contributed by atoms with Crippen molar-refractivity contribution >= 4 is 5.97 Å². The van der Waals surface area contributed by atoms with Crippen LogP contribution in [-0.4, -0.2) is 41.5 Å². The van der Waals surface area contributed by atoms with Crippen LogP contribution in [0, 0.1) is 5.92 Å². The molecule has 1 heterocycles. The van der Waals surface area contributed by atoms with Gasteiger partial charge in [-0.25, -0.2) is 9.78 Å². The van der Waals surface area contributed by atoms with Gasteiger partial charge in [0.25, 0.3) is 0 Å². The Morgan fingerprint density at radius 1 is 1.26 bits per heavy atom. The third-order valence-electron chi connectivity index (χ3n) is 5.82. The maximum absolute atomic E-state index is 11.2. The van der Waals surface area contributed by atoms with Gasteiger partial charge in [0.2, 0.25) is 5.89 Å². The average molecular weight is 432 g/mol. The van der Waals surface area contributed by atoms with Crippen LogP contribution in [0.5, 0.6) is 5.75 Å². The second-order valence-electron chi connectivity index (χ2n) is 8.56. The number of methoxy groups -OCH3 is 1. The maximum Gasteiger partial charge on any atom is 0.335 e. The molecule has 0 radical (unpaired) electrons. The lowest BCUT2D eigenvalue weighted by atomic mass is 9.87. The first-order valence-corrected chi connectivity index (χ1v) is 10.9. The third kappa shape index (κ3) is 6.08. The van der Waals surface area contributed by atoms with Crippen molar-refractivity contribution < 1.29 is 28.5 Å². The van der Waals surface area contributed by atoms with Crippen molar-refractivity contribution in [3.63, 3.8) is 0 Å². The molecule has 31 heavy (non-hydrogen) atoms. The zero-order chi connectivity index (χ0) is 22.4. The molecule has 7 heteroatoms. The molecule has 0 amide bonds. The quantitative estimate of drug-likeness (QED) is 0.574. The lowest BCUT2D eigenvalue weighted by Crippen LogP contribution is -2.37. The van der Waals surface area contributed by atoms with E-state index < -0.39 is 11.6 Å². The lowest BCUT2D eigenvalue weighted by Gasteiger charge is -2.31. The Bertz CT molecular complexity index is 857. The number of benzene rings is 1. The molecule has 0 aliphatic heterocycles. The van der Waals surface area contributed by atoms with Gasteiger partial charge < -0.3 is 23.7 Å². The van der Waals surface area contributed by atoms with Gasteiger partial charge in [0.1, 0.15) is 17.2 Å². The number of aliphatic carboxylic acids is 1. The van der Waals surface area contributed by atoms with Gasteiger partial charge in [-0.3, -0.25) is 0 Å². The van der Waals surface area contributed by atoms with Gasteiger partial charge in [-0.1, -0.05) is 13.3 Å². The molecule has 170 valence electrons. The van der Waals surface area contributed by atoms with E-state index in [4.69, 9.17) is 18.6 Å². The summed E-state index contributed by atoms with van der Waals surface area (Å²) in [7, 11) is 1.64. The van der Waals surface area contributed by atoms with Crippen LogP contribution in [0.25, 0.3) is 11.5 Å². The predicted octanol–water partition coefficient (Wildman–Crippen LogP) is 4.87. The second kappa shape index (κ2) is 10.3. The molecule has 0 bridgehead atoms. The zero-order valence-corrected chi connectivity index (χ0v) is 18.8. The highest BCUT2D eigenvalue weighted by Crippen LogP contribution is 2.30. The SMILES string of the molecule is CCc1oc(-c2ccc(OC)cc2)nc1CO[C@H]1CCCC(COC(C)(C)C(=O)O)C1. The van der Waals surface area contributed by atoms with Crippen molar-refractivity contribution in [3.8, 4) is 17.2 Å². The fraction of sp³-hybridized carbons (Fsp3) is 0.583. The standard InChI is InChI=1S/C24H33NO6/c1-5-21-20(25-22(31-21)17-9-11-18(28-4)12-10-17)15-29-19-8-6-7-16(13-19)14-30-24(2,3)23(26)27/h9-12,16,19H,5-8,13-15H2,1-4H3,(H,26,27)/t16?,19-/m0/s1. The van der Waals surface area contributed by atoms with Crippen LogP contribution in [0.3, 0.4) is 0 Å². The van der Waals surface area contributed by atoms with Crippen LogP contribution < -0.4 is 4.74 Å². The molecule has 1 fully saturated rings. The molecule has 1 aromatic heterocycles. The van der Waals surface area contributed by atoms with Crippen LogP contribution in [0.15, 0.2) is 28.7 Å². The summed E-state index contributed by atoms with van der Waals surface area (Å²) >= 11 is 0. The second-order valence-corrected chi connectivity index (χ2v) is 8.56. The van der Waals surface area contributed by atoms with Gasteiger partial charge in [-0.05, 0) is 63.3 Å². The van der Waals surface area contributed by atoms with Gasteiger partial charge in [0, 0.05) is 12.0 Å². The first-order chi connectivity index (χ1) is 14.8. The molecule has 2 atom stereocenters. The molecule has 1 aliphatic carbocycles. The van der Waals surface area contributed by atoms with Crippen molar-refractivity contribution in [2.45, 2.75) is 71.2 Å². The number of rotatable bonds is 10. The minimum Gasteiger partial charge on any atom is -0.497 e. The van der Waals surface area contributed by atoms with Crippen molar-refractivity contribution in [2.24, 2.45) is 5.92 Å². The van der Waals surface area contributed by atoms with Gasteiger partial charge in [0.15, 0.2) is 5.60 Å². The highest BCUT2D eigenvalue weighted by molar-refractivity contribution is 5.76. The summed E-state index contributed by atoms with van der Waals surface area (Å²) in [4.78, 5) is 15.9. The number of aromatic nitrogens is 1. The Morgan fingerprint density at radius 3 is 2.65 bits per heavy atom. The first-order valence-electron chi connectivity index (χ1n) is 10.9. The van der Waals surface area contributed by atoms with E-state index >= 15 is 0 Å². The van der Waals surface area contributed by atoms with E-state index in [-0.39, 0.29) is 6.10 Å². The summed E-state index contributed by atoms with van der Waals surface area (Å²) in [5, 5.41) is 9.22. The van der Waals surface area contributed by atoms with E-state index in [0.717, 1.165) is 54.9 Å². The van der Waals surface area contributed by atoms with E-state index in [9.17, 15) is 9.90 Å². The number of carbonyl (C=O) groups is 1. The van der Waals surface area contributed by atoms with Gasteiger partial charge in [0.05, 0.1) is 26.4 Å². The normalized spacial score (nSPS) is 19.4. The summed E-state index contributed by atoms with van der Waals surface area (Å²) in [5.74, 6) is 1.57. The van der Waals surface area contributed by atoms with Crippen molar-refractivity contribution in [2.75, 3.05) is 13.7 Å². The maximum atomic E-state index is 11.2. The van der Waals surface area contributed by atoms with Crippen LogP contribution in [0.4, 0.5) is 0 Å². The zero-order valence-electron chi connectivity index (χ0n) is 18.8. The van der Waals surface area contributed by atoms with E-state index in [1.165, 1.54) is 0 Å². The number of hydrogen-bond donors (Lipinski definition) is 1. The summed E-state index contributed by atoms with van der Waals surface area (Å²) < 4.78 is 23.0. The number of carboxylic acid groups (broad SMARTS) is 1. The molecule has 0 saturated heterocycles. The molecule has 1 N–H and O–H groups in total. The summed E-state index contributed by atoms with van der Waals surface area (Å²) in [6.07, 6.45) is 4.78. The Labute approximate surface area is 183 Å². The molecule has 1 aromatic carbocycles. The monoisotopic (exact) mass is 431 g/mol. The van der Waals surface area contributed by atoms with Gasteiger partial charge in [-0.2, -0.15) is 0 Å². The minimum absolute atomic E-state index is 0.112. The van der Waals surface area contributed by atoms with E-state index in [1.807, 2.05) is 31.2 Å². The topological polar surface area (TPSA) is 91.0 Å². The molecule has 1 unspecified atom stereocenters. The Kier molecular flexibility index (Phi) is 7.73. The van der Waals surface area contributed by atoms with Crippen molar-refractivity contribution in [3.05, 3.63) is 35.7 Å². The molecule has 3 rings (SSSR count). The average Bonchev–Trinajstić information content (AvgIpc) is 3.20. The first kappa shape index (κ1) is 23.3. The van der Waals surface area contributed by atoms with Gasteiger partial charge >= 0.3 is 5.97 Å². The van der Waals surface area contributed by atoms with E-state index in [1.54, 1.807) is 21.0 Å². The highest BCUT2D eigenvalue weighted by Gasteiger charge is 2.31. The van der Waals surface area contributed by atoms with Crippen LogP contribution in [0.1, 0.15) is 57.9 Å². The Hall–Kier alpha value is -2.38. The van der Waals surface area contributed by atoms with Crippen LogP contribution >= 0.6 is 0 Å². The lowest BCUT2D eigenvalue weighted by molar-refractivity contribution is -0.163. The Morgan fingerprint density at radius 2 is 2.00 bits per heavy atom. The molecular formula is C24H33NO6. The van der Waals surface area contributed by atoms with E-state index in [2.05, 4.69) is 4.98 Å². The van der Waals surface area contributed by atoms with Gasteiger partial charge in [-0.15, -0.1) is 0 Å². The number of oxazole rings is 1. The predicted molar refractivity (Wildman–Crippen MR) is 116 cm³/mol. The summed E-state index contributed by atoms with van der Waals surface area (Å²) in [6, 6.07) is 7.63. The fourth-order valence-electron chi connectivity index (χ4n) is 3.76. The Balaban J connectivity index is 1.57. The largest absolute Gasteiger partial charge is 0.497 e. The highest BCUT2D eigenvalue weighted by atomic mass is 16.5. The molecule has 1 aliphatic rings. The van der Waals surface area contributed by atoms with Crippen molar-refractivity contribution in [1.82, 2.24) is 4.98 Å². The number of aryl methyl sites for hydroxylation is 1. The van der Waals surface area contributed by atoms with Crippen molar-refractivity contribution in [1.29, 1.82) is 0 Å². The molecule has 1 saturated carbocycles. The fourth-order valence-corrected chi connectivity index (χ4v) is 3.76. The minimum atomic E-state index is -1.16. The summed E-state index contributed by atoms with van der Waals surface area (Å²) in [5.41, 5.74) is 0.568. The molecule has 0 spiro atoms. The van der Waals surface area contributed by atoms with E-state index in [0.29, 0.717) is 25.0 Å². The number of ether oxygens (including phenoxy) is 3. The number of hydrogen-bond acceptors (Lipinski definition) is 6. The summed E-state index contributed by atoms with van der Waals surface area (Å²) in [6.45, 7) is 6.05. The molecule has 2 aromatic rings. The third-order valence-corrected chi connectivity index (χ3v) is 5.82. The van der Waals surface area contributed by atoms with Crippen LogP contribution in [-0.2, 0) is 27.3 Å². The number of carboxylic acids is 1. The number of nitrogens with zero attached hydrogens (tertiary/aromatic N) is 1. The van der Waals surface area contributed by atoms with Crippen LogP contribution in [0.2, 0.25) is 0 Å².